The van der Waals surface area contributed by atoms with E-state index in [-0.39, 0.29) is 18.2 Å². The molecule has 3 atom stereocenters. The number of nitrogens with two attached hydrogens (primary N) is 1. The third kappa shape index (κ3) is 2.51. The molecule has 0 saturated carbocycles. The Morgan fingerprint density at radius 3 is 2.81 bits per heavy atom. The van der Waals surface area contributed by atoms with Gasteiger partial charge in [0.2, 0.25) is 0 Å². The zero-order chi connectivity index (χ0) is 15.1. The van der Waals surface area contributed by atoms with E-state index < -0.39 is 0 Å². The van der Waals surface area contributed by atoms with Crippen LogP contribution in [0.5, 0.6) is 11.5 Å². The highest BCUT2D eigenvalue weighted by Crippen LogP contribution is 2.42. The number of likely N-dealkylation sites (tertiary alicyclic amines) is 1. The Bertz CT molecular complexity index is 530. The molecule has 4 nitrogen and oxygen atoms in total. The molecule has 0 aliphatic carbocycles. The van der Waals surface area contributed by atoms with Crippen molar-refractivity contribution < 1.29 is 9.47 Å². The fourth-order valence-electron chi connectivity index (χ4n) is 3.69. The second-order valence-corrected chi connectivity index (χ2v) is 6.56. The molecule has 1 saturated heterocycles. The van der Waals surface area contributed by atoms with Crippen molar-refractivity contribution in [2.45, 2.75) is 57.8 Å². The van der Waals surface area contributed by atoms with Crippen molar-refractivity contribution in [1.29, 1.82) is 0 Å². The first-order valence-electron chi connectivity index (χ1n) is 7.90. The highest BCUT2D eigenvalue weighted by atomic mass is 16.5. The van der Waals surface area contributed by atoms with Crippen LogP contribution in [0.2, 0.25) is 0 Å². The van der Waals surface area contributed by atoms with Crippen LogP contribution in [0.1, 0.15) is 44.4 Å². The lowest BCUT2D eigenvalue weighted by Gasteiger charge is -2.31. The number of hydrogen-bond donors (Lipinski definition) is 1. The van der Waals surface area contributed by atoms with Gasteiger partial charge in [0.1, 0.15) is 17.6 Å². The summed E-state index contributed by atoms with van der Waals surface area (Å²) in [5, 5.41) is 0. The molecular formula is C17H26N2O2. The van der Waals surface area contributed by atoms with E-state index in [0.717, 1.165) is 30.9 Å². The van der Waals surface area contributed by atoms with Crippen molar-refractivity contribution in [2.75, 3.05) is 13.7 Å². The second kappa shape index (κ2) is 5.50. The highest BCUT2D eigenvalue weighted by molar-refractivity contribution is 5.50. The summed E-state index contributed by atoms with van der Waals surface area (Å²) in [5.41, 5.74) is 8.81. The molecule has 1 aromatic carbocycles. The molecule has 116 valence electrons. The van der Waals surface area contributed by atoms with Crippen molar-refractivity contribution in [3.63, 3.8) is 0 Å². The van der Waals surface area contributed by atoms with Crippen molar-refractivity contribution >= 4 is 0 Å². The maximum absolute atomic E-state index is 6.40. The predicted octanol–water partition coefficient (Wildman–Crippen LogP) is 2.50. The van der Waals surface area contributed by atoms with Gasteiger partial charge < -0.3 is 15.2 Å². The summed E-state index contributed by atoms with van der Waals surface area (Å²) >= 11 is 0. The van der Waals surface area contributed by atoms with Gasteiger partial charge >= 0.3 is 0 Å². The van der Waals surface area contributed by atoms with Gasteiger partial charge in [-0.25, -0.2) is 0 Å². The normalized spacial score (nSPS) is 28.8. The summed E-state index contributed by atoms with van der Waals surface area (Å²) in [6.07, 6.45) is 2.23. The molecule has 1 fully saturated rings. The lowest BCUT2D eigenvalue weighted by molar-refractivity contribution is 0.194. The first-order chi connectivity index (χ1) is 10.0. The minimum absolute atomic E-state index is 0.151. The molecular weight excluding hydrogens is 264 g/mol. The number of hydrogen-bond acceptors (Lipinski definition) is 4. The lowest BCUT2D eigenvalue weighted by atomic mass is 9.96. The molecule has 2 heterocycles. The molecule has 0 aromatic heterocycles. The van der Waals surface area contributed by atoms with Crippen LogP contribution < -0.4 is 15.2 Å². The Morgan fingerprint density at radius 1 is 1.38 bits per heavy atom. The molecule has 2 aliphatic rings. The number of nitrogens with zero attached hydrogens (tertiary/aromatic N) is 1. The number of rotatable bonds is 3. The average Bonchev–Trinajstić information content (AvgIpc) is 2.98. The van der Waals surface area contributed by atoms with E-state index in [0.29, 0.717) is 6.04 Å². The smallest absolute Gasteiger partial charge is 0.124 e. The Morgan fingerprint density at radius 2 is 2.14 bits per heavy atom. The molecule has 2 aliphatic heterocycles. The van der Waals surface area contributed by atoms with Crippen LogP contribution in [0.15, 0.2) is 12.1 Å². The van der Waals surface area contributed by atoms with Crippen LogP contribution in [0, 0.1) is 0 Å². The van der Waals surface area contributed by atoms with E-state index in [1.54, 1.807) is 7.11 Å². The number of ether oxygens (including phenoxy) is 2. The summed E-state index contributed by atoms with van der Waals surface area (Å²) in [6.45, 7) is 7.60. The van der Waals surface area contributed by atoms with Crippen LogP contribution >= 0.6 is 0 Å². The number of methoxy groups -OCH3 is 1. The molecule has 3 rings (SSSR count). The Balaban J connectivity index is 2.03. The van der Waals surface area contributed by atoms with E-state index in [1.807, 2.05) is 0 Å². The fourth-order valence-corrected chi connectivity index (χ4v) is 3.69. The van der Waals surface area contributed by atoms with E-state index in [4.69, 9.17) is 15.2 Å². The molecule has 1 aromatic rings. The Kier molecular flexibility index (Phi) is 3.84. The minimum atomic E-state index is 0.151. The van der Waals surface area contributed by atoms with Gasteiger partial charge in [0.15, 0.2) is 0 Å². The Hall–Kier alpha value is -1.26. The molecule has 0 amide bonds. The number of fused-ring (bicyclic) bond motifs is 1. The second-order valence-electron chi connectivity index (χ2n) is 6.56. The van der Waals surface area contributed by atoms with Gasteiger partial charge in [-0.1, -0.05) is 0 Å². The monoisotopic (exact) mass is 290 g/mol. The molecule has 0 bridgehead atoms. The lowest BCUT2D eigenvalue weighted by Crippen LogP contribution is -2.36. The van der Waals surface area contributed by atoms with Crippen LogP contribution in [0.25, 0.3) is 0 Å². The SMILES string of the molecule is COc1cc2c(cc1C1C(N)CCN1C(C)C)OC(C)C2. The van der Waals surface area contributed by atoms with Gasteiger partial charge in [-0.3, -0.25) is 4.90 Å². The van der Waals surface area contributed by atoms with Crippen LogP contribution in [-0.4, -0.2) is 36.7 Å². The predicted molar refractivity (Wildman–Crippen MR) is 84.0 cm³/mol. The van der Waals surface area contributed by atoms with Gasteiger partial charge in [-0.05, 0) is 39.3 Å². The summed E-state index contributed by atoms with van der Waals surface area (Å²) in [7, 11) is 1.74. The summed E-state index contributed by atoms with van der Waals surface area (Å²) in [5.74, 6) is 1.94. The van der Waals surface area contributed by atoms with E-state index >= 15 is 0 Å². The number of benzene rings is 1. The van der Waals surface area contributed by atoms with E-state index in [1.165, 1.54) is 11.1 Å². The zero-order valence-corrected chi connectivity index (χ0v) is 13.4. The van der Waals surface area contributed by atoms with Gasteiger partial charge in [-0.15, -0.1) is 0 Å². The first-order valence-corrected chi connectivity index (χ1v) is 7.90. The summed E-state index contributed by atoms with van der Waals surface area (Å²) in [6, 6.07) is 5.13. The highest BCUT2D eigenvalue weighted by Gasteiger charge is 2.37. The van der Waals surface area contributed by atoms with Crippen molar-refractivity contribution in [3.05, 3.63) is 23.3 Å². The minimum Gasteiger partial charge on any atom is -0.496 e. The van der Waals surface area contributed by atoms with Gasteiger partial charge in [0.05, 0.1) is 13.2 Å². The molecule has 4 heteroatoms. The van der Waals surface area contributed by atoms with Crippen molar-refractivity contribution in [1.82, 2.24) is 4.90 Å². The van der Waals surface area contributed by atoms with Crippen molar-refractivity contribution in [2.24, 2.45) is 5.73 Å². The largest absolute Gasteiger partial charge is 0.496 e. The van der Waals surface area contributed by atoms with Gasteiger partial charge in [0, 0.05) is 36.2 Å². The van der Waals surface area contributed by atoms with Gasteiger partial charge in [0.25, 0.3) is 0 Å². The van der Waals surface area contributed by atoms with Crippen LogP contribution in [-0.2, 0) is 6.42 Å². The average molecular weight is 290 g/mol. The molecule has 0 spiro atoms. The van der Waals surface area contributed by atoms with E-state index in [2.05, 4.69) is 37.8 Å². The molecule has 21 heavy (non-hydrogen) atoms. The standard InChI is InChI=1S/C17H26N2O2/c1-10(2)19-6-5-14(18)17(19)13-9-15-12(7-11(3)21-15)8-16(13)20-4/h8-11,14,17H,5-7,18H2,1-4H3. The first kappa shape index (κ1) is 14.7. The van der Waals surface area contributed by atoms with E-state index in [9.17, 15) is 0 Å². The van der Waals surface area contributed by atoms with Gasteiger partial charge in [-0.2, -0.15) is 0 Å². The maximum atomic E-state index is 6.40. The zero-order valence-electron chi connectivity index (χ0n) is 13.4. The quantitative estimate of drug-likeness (QED) is 0.929. The third-order valence-electron chi connectivity index (χ3n) is 4.71. The summed E-state index contributed by atoms with van der Waals surface area (Å²) < 4.78 is 11.6. The molecule has 3 unspecified atom stereocenters. The Labute approximate surface area is 127 Å². The van der Waals surface area contributed by atoms with Crippen LogP contribution in [0.3, 0.4) is 0 Å². The topological polar surface area (TPSA) is 47.7 Å². The molecule has 2 N–H and O–H groups in total. The third-order valence-corrected chi connectivity index (χ3v) is 4.71. The summed E-state index contributed by atoms with van der Waals surface area (Å²) in [4.78, 5) is 2.47. The fraction of sp³-hybridized carbons (Fsp3) is 0.647. The maximum Gasteiger partial charge on any atom is 0.124 e. The molecule has 0 radical (unpaired) electrons. The van der Waals surface area contributed by atoms with Crippen LogP contribution in [0.4, 0.5) is 0 Å². The van der Waals surface area contributed by atoms with Crippen molar-refractivity contribution in [3.8, 4) is 11.5 Å².